The number of carbonyl (C=O) groups excluding carboxylic acids is 1. The predicted molar refractivity (Wildman–Crippen MR) is 143 cm³/mol. The molecule has 2 aromatic rings. The van der Waals surface area contributed by atoms with E-state index >= 15 is 0 Å². The summed E-state index contributed by atoms with van der Waals surface area (Å²) in [4.78, 5) is 12.2. The molecule has 1 heterocycles. The summed E-state index contributed by atoms with van der Waals surface area (Å²) in [6, 6.07) is 12.4. The van der Waals surface area contributed by atoms with Crippen molar-refractivity contribution in [1.82, 2.24) is 3.11 Å². The van der Waals surface area contributed by atoms with Crippen molar-refractivity contribution in [3.8, 4) is 0 Å². The average Bonchev–Trinajstić information content (AvgIpc) is 2.88. The van der Waals surface area contributed by atoms with E-state index in [0.29, 0.717) is 29.2 Å². The second kappa shape index (κ2) is 12.1. The van der Waals surface area contributed by atoms with Gasteiger partial charge < -0.3 is 9.29 Å². The van der Waals surface area contributed by atoms with Crippen molar-refractivity contribution < 1.29 is 22.5 Å². The molecule has 0 bridgehead atoms. The predicted octanol–water partition coefficient (Wildman–Crippen LogP) is 4.82. The molecule has 0 radical (unpaired) electrons. The molecule has 0 spiro atoms. The lowest BCUT2D eigenvalue weighted by atomic mass is 9.96. The lowest BCUT2D eigenvalue weighted by molar-refractivity contribution is -0.143. The molecule has 2 unspecified atom stereocenters. The van der Waals surface area contributed by atoms with Gasteiger partial charge in [-0.1, -0.05) is 37.1 Å². The van der Waals surface area contributed by atoms with Gasteiger partial charge in [0.1, 0.15) is 6.26 Å². The highest BCUT2D eigenvalue weighted by molar-refractivity contribution is 14.1. The number of unbranched alkanes of at least 4 members (excludes halogenated alkanes) is 3. The number of anilines is 1. The first-order valence-corrected chi connectivity index (χ1v) is 15.3. The largest absolute Gasteiger partial charge is 0.612 e. The van der Waals surface area contributed by atoms with Gasteiger partial charge in [-0.25, -0.2) is 11.5 Å². The highest BCUT2D eigenvalue weighted by Gasteiger charge is 2.37. The van der Waals surface area contributed by atoms with E-state index in [-0.39, 0.29) is 16.9 Å². The molecule has 2 atom stereocenters. The van der Waals surface area contributed by atoms with Gasteiger partial charge in [0.2, 0.25) is 0 Å². The Morgan fingerprint density at radius 2 is 1.85 bits per heavy atom. The Kier molecular flexibility index (Phi) is 9.67. The van der Waals surface area contributed by atoms with Crippen molar-refractivity contribution >= 4 is 55.7 Å². The Hall–Kier alpha value is -1.34. The number of hydrogen-bond acceptors (Lipinski definition) is 6. The van der Waals surface area contributed by atoms with E-state index in [2.05, 4.69) is 26.0 Å². The zero-order valence-corrected chi connectivity index (χ0v) is 23.5. The molecule has 0 aromatic heterocycles. The van der Waals surface area contributed by atoms with Crippen molar-refractivity contribution in [3.63, 3.8) is 0 Å². The maximum absolute atomic E-state index is 13.5. The molecule has 1 aliphatic heterocycles. The maximum atomic E-state index is 13.5. The van der Waals surface area contributed by atoms with Gasteiger partial charge in [-0.3, -0.25) is 9.10 Å². The molecule has 1 aliphatic rings. The third-order valence-electron chi connectivity index (χ3n) is 5.91. The third-order valence-corrected chi connectivity index (χ3v) is 9.69. The number of para-hydroxylation sites is 1. The zero-order chi connectivity index (χ0) is 24.9. The number of ether oxygens (including phenoxy) is 1. The van der Waals surface area contributed by atoms with Crippen LogP contribution in [0.1, 0.15) is 56.2 Å². The third kappa shape index (κ3) is 6.07. The molecular formula is C24H31IN2O5S2. The second-order valence-electron chi connectivity index (χ2n) is 8.18. The summed E-state index contributed by atoms with van der Waals surface area (Å²) in [5.74, 6) is -0.151. The molecule has 2 aromatic carbocycles. The lowest BCUT2D eigenvalue weighted by Gasteiger charge is -2.28. The van der Waals surface area contributed by atoms with Gasteiger partial charge in [-0.15, -0.1) is 0 Å². The number of rotatable bonds is 10. The molecular weight excluding hydrogens is 587 g/mol. The van der Waals surface area contributed by atoms with Crippen molar-refractivity contribution in [1.29, 1.82) is 0 Å². The highest BCUT2D eigenvalue weighted by Crippen LogP contribution is 2.44. The Labute approximate surface area is 219 Å². The SMILES string of the molecule is CCOC(=O)CCCCCCN(I)C1c2ccccc2N(C)S(=O)(=O)c2cc([S+](C)[O-])ccc21. The van der Waals surface area contributed by atoms with Crippen molar-refractivity contribution in [2.45, 2.75) is 54.9 Å². The van der Waals surface area contributed by atoms with Gasteiger partial charge in [-0.05, 0) is 54.2 Å². The highest BCUT2D eigenvalue weighted by atomic mass is 127. The normalized spacial score (nSPS) is 17.6. The van der Waals surface area contributed by atoms with Gasteiger partial charge in [0.05, 0.1) is 23.2 Å². The van der Waals surface area contributed by atoms with Crippen LogP contribution in [0, 0.1) is 0 Å². The van der Waals surface area contributed by atoms with Crippen LogP contribution in [0.4, 0.5) is 5.69 Å². The van der Waals surface area contributed by atoms with Crippen LogP contribution < -0.4 is 4.31 Å². The number of hydrogen-bond donors (Lipinski definition) is 0. The topological polar surface area (TPSA) is 90.0 Å². The first kappa shape index (κ1) is 27.3. The fourth-order valence-electron chi connectivity index (χ4n) is 4.14. The van der Waals surface area contributed by atoms with Crippen molar-refractivity contribution in [2.75, 3.05) is 30.8 Å². The Morgan fingerprint density at radius 3 is 2.56 bits per heavy atom. The number of sulfonamides is 1. The number of nitrogens with zero attached hydrogens (tertiary/aromatic N) is 2. The number of benzene rings is 2. The summed E-state index contributed by atoms with van der Waals surface area (Å²) in [7, 11) is -2.25. The van der Waals surface area contributed by atoms with Crippen LogP contribution in [-0.4, -0.2) is 48.5 Å². The number of fused-ring (bicyclic) bond motifs is 2. The molecule has 10 heteroatoms. The maximum Gasteiger partial charge on any atom is 0.305 e. The fraction of sp³-hybridized carbons (Fsp3) is 0.458. The standard InChI is InChI=1S/C24H31IN2O5S2/c1-4-32-23(28)13-7-5-6-10-16-27(25)24-19-11-8-9-12-21(19)26(2)34(30,31)22-17-18(33(3)29)14-15-20(22)24/h8-9,11-12,14-15,17,24H,4-7,10,13,16H2,1-3H3. The molecule has 0 aliphatic carbocycles. The minimum absolute atomic E-state index is 0.151. The van der Waals surface area contributed by atoms with E-state index in [4.69, 9.17) is 4.74 Å². The van der Waals surface area contributed by atoms with Gasteiger partial charge in [-0.2, -0.15) is 0 Å². The zero-order valence-electron chi connectivity index (χ0n) is 19.7. The van der Waals surface area contributed by atoms with Crippen molar-refractivity contribution in [2.24, 2.45) is 0 Å². The summed E-state index contributed by atoms with van der Waals surface area (Å²) in [5.41, 5.74) is 2.23. The minimum atomic E-state index is -3.81. The average molecular weight is 619 g/mol. The molecule has 0 saturated heterocycles. The van der Waals surface area contributed by atoms with Gasteiger partial charge in [0.15, 0.2) is 4.90 Å². The Balaban J connectivity index is 1.85. The first-order valence-electron chi connectivity index (χ1n) is 11.3. The summed E-state index contributed by atoms with van der Waals surface area (Å²) in [6.07, 6.45) is 5.61. The van der Waals surface area contributed by atoms with Gasteiger partial charge >= 0.3 is 5.97 Å². The second-order valence-corrected chi connectivity index (χ2v) is 12.7. The van der Waals surface area contributed by atoms with E-state index in [1.807, 2.05) is 31.2 Å². The van der Waals surface area contributed by atoms with E-state index < -0.39 is 21.2 Å². The van der Waals surface area contributed by atoms with Crippen LogP contribution in [0.15, 0.2) is 52.3 Å². The minimum Gasteiger partial charge on any atom is -0.612 e. The van der Waals surface area contributed by atoms with Crippen LogP contribution in [0.25, 0.3) is 0 Å². The number of carbonyl (C=O) groups is 1. The lowest BCUT2D eigenvalue weighted by Crippen LogP contribution is -2.26. The van der Waals surface area contributed by atoms with E-state index in [1.54, 1.807) is 31.5 Å². The molecule has 34 heavy (non-hydrogen) atoms. The monoisotopic (exact) mass is 618 g/mol. The molecule has 0 N–H and O–H groups in total. The van der Waals surface area contributed by atoms with E-state index in [9.17, 15) is 17.8 Å². The van der Waals surface area contributed by atoms with Crippen LogP contribution in [-0.2, 0) is 30.7 Å². The molecule has 186 valence electrons. The molecule has 0 amide bonds. The quantitative estimate of drug-likeness (QED) is 0.125. The molecule has 0 fully saturated rings. The van der Waals surface area contributed by atoms with Crippen molar-refractivity contribution in [3.05, 3.63) is 53.6 Å². The Morgan fingerprint density at radius 1 is 1.15 bits per heavy atom. The molecule has 7 nitrogen and oxygen atoms in total. The van der Waals surface area contributed by atoms with Gasteiger partial charge in [0, 0.05) is 48.9 Å². The first-order chi connectivity index (χ1) is 16.2. The number of halogens is 1. The van der Waals surface area contributed by atoms with Crippen LogP contribution in [0.5, 0.6) is 0 Å². The van der Waals surface area contributed by atoms with Gasteiger partial charge in [0.25, 0.3) is 10.0 Å². The summed E-state index contributed by atoms with van der Waals surface area (Å²) < 4.78 is 47.6. The molecule has 0 saturated carbocycles. The summed E-state index contributed by atoms with van der Waals surface area (Å²) in [5, 5.41) is 0. The van der Waals surface area contributed by atoms with E-state index in [1.165, 1.54) is 4.31 Å². The fourth-order valence-corrected chi connectivity index (χ4v) is 7.18. The molecule has 3 rings (SSSR count). The van der Waals surface area contributed by atoms with E-state index in [0.717, 1.165) is 37.8 Å². The number of esters is 1. The van der Waals surface area contributed by atoms with Crippen LogP contribution in [0.3, 0.4) is 0 Å². The Bertz CT molecular complexity index is 1110. The summed E-state index contributed by atoms with van der Waals surface area (Å²) in [6.45, 7) is 2.97. The smallest absolute Gasteiger partial charge is 0.305 e. The van der Waals surface area contributed by atoms with Crippen LogP contribution in [0.2, 0.25) is 0 Å². The van der Waals surface area contributed by atoms with Crippen LogP contribution >= 0.6 is 22.9 Å². The summed E-state index contributed by atoms with van der Waals surface area (Å²) >= 11 is 0.987.